The quantitative estimate of drug-likeness (QED) is 0.208. The molecule has 1 aliphatic rings. The number of hydrogen-bond donors (Lipinski definition) is 0. The number of rotatable bonds is 2. The Labute approximate surface area is 230 Å². The fourth-order valence-corrected chi connectivity index (χ4v) is 7.78. The molecule has 0 saturated heterocycles. The van der Waals surface area contributed by atoms with Gasteiger partial charge in [0.25, 0.3) is 0 Å². The van der Waals surface area contributed by atoms with E-state index in [0.717, 1.165) is 0 Å². The van der Waals surface area contributed by atoms with E-state index >= 15 is 0 Å². The van der Waals surface area contributed by atoms with Gasteiger partial charge in [0, 0.05) is 15.2 Å². The Bertz CT molecular complexity index is 2220. The van der Waals surface area contributed by atoms with E-state index in [0.29, 0.717) is 0 Å². The van der Waals surface area contributed by atoms with Crippen LogP contribution in [-0.2, 0) is 0 Å². The molecule has 8 aromatic carbocycles. The van der Waals surface area contributed by atoms with Crippen molar-refractivity contribution in [1.29, 1.82) is 0 Å². The van der Waals surface area contributed by atoms with Gasteiger partial charge in [-0.1, -0.05) is 133 Å². The number of hydrogen-bond acceptors (Lipinski definition) is 1. The van der Waals surface area contributed by atoms with Gasteiger partial charge in [0.2, 0.25) is 0 Å². The summed E-state index contributed by atoms with van der Waals surface area (Å²) in [5.74, 6) is 0. The van der Waals surface area contributed by atoms with Crippen LogP contribution < -0.4 is 0 Å². The van der Waals surface area contributed by atoms with E-state index in [2.05, 4.69) is 133 Å². The highest BCUT2D eigenvalue weighted by atomic mass is 32.2. The summed E-state index contributed by atoms with van der Waals surface area (Å²) < 4.78 is 0. The zero-order valence-electron chi connectivity index (χ0n) is 21.1. The van der Waals surface area contributed by atoms with Gasteiger partial charge < -0.3 is 0 Å². The fraction of sp³-hybridized carbons (Fsp3) is 0. The van der Waals surface area contributed by atoms with Crippen molar-refractivity contribution in [2.24, 2.45) is 0 Å². The van der Waals surface area contributed by atoms with Crippen LogP contribution in [-0.4, -0.2) is 0 Å². The second kappa shape index (κ2) is 7.96. The molecule has 0 spiro atoms. The van der Waals surface area contributed by atoms with E-state index in [1.54, 1.807) is 0 Å². The Hall–Kier alpha value is -4.59. The molecule has 8 aromatic rings. The second-order valence-corrected chi connectivity index (χ2v) is 11.6. The van der Waals surface area contributed by atoms with E-state index in [-0.39, 0.29) is 0 Å². The molecule has 0 aromatic heterocycles. The maximum atomic E-state index is 2.30. The first-order valence-corrected chi connectivity index (χ1v) is 14.3. The van der Waals surface area contributed by atoms with Crippen LogP contribution in [0.2, 0.25) is 0 Å². The van der Waals surface area contributed by atoms with Crippen molar-refractivity contribution in [3.63, 3.8) is 0 Å². The van der Waals surface area contributed by atoms with E-state index in [1.165, 1.54) is 86.3 Å². The average molecular weight is 511 g/mol. The van der Waals surface area contributed by atoms with Gasteiger partial charge in [0.05, 0.1) is 0 Å². The van der Waals surface area contributed by atoms with Crippen LogP contribution in [0.25, 0.3) is 76.5 Å². The van der Waals surface area contributed by atoms with Crippen molar-refractivity contribution in [2.75, 3.05) is 0 Å². The van der Waals surface area contributed by atoms with Crippen molar-refractivity contribution >= 4 is 54.9 Å². The van der Waals surface area contributed by atoms with Gasteiger partial charge in [0.1, 0.15) is 0 Å². The molecule has 1 heterocycles. The van der Waals surface area contributed by atoms with Gasteiger partial charge in [-0.25, -0.2) is 0 Å². The monoisotopic (exact) mass is 510 g/mol. The molecule has 0 N–H and O–H groups in total. The molecule has 39 heavy (non-hydrogen) atoms. The Morgan fingerprint density at radius 2 is 0.897 bits per heavy atom. The van der Waals surface area contributed by atoms with E-state index in [9.17, 15) is 0 Å². The lowest BCUT2D eigenvalue weighted by atomic mass is 9.89. The zero-order valence-corrected chi connectivity index (χ0v) is 21.9. The molecule has 0 atom stereocenters. The first kappa shape index (κ1) is 21.4. The van der Waals surface area contributed by atoms with Crippen LogP contribution in [0.5, 0.6) is 0 Å². The molecule has 0 nitrogen and oxygen atoms in total. The third-order valence-electron chi connectivity index (χ3n) is 8.44. The summed E-state index contributed by atoms with van der Waals surface area (Å²) >= 11 is 1.88. The standard InChI is InChI=1S/C38H22S/c1-2-10-34-30(7-1)32-9-4-8-31-29(21-22-35(39-34)38(31)32)24-13-11-23(12-14-24)28-19-17-27-16-15-25-5-3-6-26-18-20-33(28)37(27)36(25)26/h1-22H. The lowest BCUT2D eigenvalue weighted by Crippen LogP contribution is -1.94. The third kappa shape index (κ3) is 3.02. The summed E-state index contributed by atoms with van der Waals surface area (Å²) in [4.78, 5) is 2.68. The van der Waals surface area contributed by atoms with E-state index in [4.69, 9.17) is 0 Å². The molecule has 0 unspecified atom stereocenters. The highest BCUT2D eigenvalue weighted by Crippen LogP contribution is 2.49. The highest BCUT2D eigenvalue weighted by molar-refractivity contribution is 7.99. The summed E-state index contributed by atoms with van der Waals surface area (Å²) in [6, 6.07) is 49.5. The van der Waals surface area contributed by atoms with Crippen molar-refractivity contribution in [1.82, 2.24) is 0 Å². The Morgan fingerprint density at radius 1 is 0.308 bits per heavy atom. The van der Waals surface area contributed by atoms with Crippen molar-refractivity contribution in [3.05, 3.63) is 133 Å². The molecule has 0 radical (unpaired) electrons. The minimum Gasteiger partial charge on any atom is -0.0888 e. The van der Waals surface area contributed by atoms with Gasteiger partial charge in [-0.2, -0.15) is 0 Å². The lowest BCUT2D eigenvalue weighted by Gasteiger charge is -2.21. The summed E-state index contributed by atoms with van der Waals surface area (Å²) in [5.41, 5.74) is 7.76. The molecule has 0 amide bonds. The van der Waals surface area contributed by atoms with Crippen molar-refractivity contribution < 1.29 is 0 Å². The summed E-state index contributed by atoms with van der Waals surface area (Å²) in [6.07, 6.45) is 0. The Kier molecular flexibility index (Phi) is 4.36. The molecule has 1 aliphatic heterocycles. The summed E-state index contributed by atoms with van der Waals surface area (Å²) in [6.45, 7) is 0. The minimum atomic E-state index is 1.25. The topological polar surface area (TPSA) is 0 Å². The predicted molar refractivity (Wildman–Crippen MR) is 168 cm³/mol. The maximum Gasteiger partial charge on any atom is 0.0207 e. The smallest absolute Gasteiger partial charge is 0.0207 e. The van der Waals surface area contributed by atoms with Gasteiger partial charge in [-0.05, 0) is 83.2 Å². The normalized spacial score (nSPS) is 12.5. The van der Waals surface area contributed by atoms with E-state index in [1.807, 2.05) is 11.8 Å². The molecule has 0 aliphatic carbocycles. The van der Waals surface area contributed by atoms with Gasteiger partial charge in [-0.3, -0.25) is 0 Å². The van der Waals surface area contributed by atoms with Gasteiger partial charge in [0.15, 0.2) is 0 Å². The Balaban J connectivity index is 1.20. The first-order chi connectivity index (χ1) is 19.3. The first-order valence-electron chi connectivity index (χ1n) is 13.4. The molecule has 180 valence electrons. The largest absolute Gasteiger partial charge is 0.0888 e. The van der Waals surface area contributed by atoms with Crippen LogP contribution in [0, 0.1) is 0 Å². The number of benzene rings is 8. The average Bonchev–Trinajstić information content (AvgIpc) is 3.00. The molecular weight excluding hydrogens is 488 g/mol. The number of fused-ring (bicyclic) bond motifs is 2. The molecular formula is C38H22S. The van der Waals surface area contributed by atoms with Crippen LogP contribution in [0.4, 0.5) is 0 Å². The maximum absolute atomic E-state index is 2.30. The lowest BCUT2D eigenvalue weighted by molar-refractivity contribution is 1.40. The Morgan fingerprint density at radius 3 is 1.69 bits per heavy atom. The molecule has 9 rings (SSSR count). The predicted octanol–water partition coefficient (Wildman–Crippen LogP) is 11.2. The van der Waals surface area contributed by atoms with Gasteiger partial charge >= 0.3 is 0 Å². The summed E-state index contributed by atoms with van der Waals surface area (Å²) in [5, 5.41) is 10.7. The van der Waals surface area contributed by atoms with Crippen LogP contribution in [0.1, 0.15) is 0 Å². The minimum absolute atomic E-state index is 1.25. The highest BCUT2D eigenvalue weighted by Gasteiger charge is 2.20. The molecule has 0 fully saturated rings. The van der Waals surface area contributed by atoms with Crippen molar-refractivity contribution in [3.8, 4) is 33.4 Å². The van der Waals surface area contributed by atoms with Crippen LogP contribution >= 0.6 is 11.8 Å². The fourth-order valence-electron chi connectivity index (χ4n) is 6.65. The van der Waals surface area contributed by atoms with Crippen LogP contribution in [0.3, 0.4) is 0 Å². The van der Waals surface area contributed by atoms with Gasteiger partial charge in [-0.15, -0.1) is 0 Å². The second-order valence-electron chi connectivity index (χ2n) is 10.5. The van der Waals surface area contributed by atoms with Crippen molar-refractivity contribution in [2.45, 2.75) is 9.79 Å². The van der Waals surface area contributed by atoms with E-state index < -0.39 is 0 Å². The third-order valence-corrected chi connectivity index (χ3v) is 9.57. The SMILES string of the molecule is c1ccc2c(c1)Sc1ccc(-c3ccc(-c4ccc5ccc6cccc7ccc4c5c67)cc3)c3cccc-2c13. The summed E-state index contributed by atoms with van der Waals surface area (Å²) in [7, 11) is 0. The zero-order chi connectivity index (χ0) is 25.5. The van der Waals surface area contributed by atoms with Crippen LogP contribution in [0.15, 0.2) is 143 Å². The molecule has 0 bridgehead atoms. The molecule has 0 saturated carbocycles. The molecule has 1 heteroatoms.